The van der Waals surface area contributed by atoms with E-state index in [1.807, 2.05) is 11.7 Å². The lowest BCUT2D eigenvalue weighted by Crippen LogP contribution is -2.37. The molecule has 18 heavy (non-hydrogen) atoms. The van der Waals surface area contributed by atoms with E-state index in [1.54, 1.807) is 0 Å². The molecule has 0 bridgehead atoms. The van der Waals surface area contributed by atoms with Crippen molar-refractivity contribution in [3.05, 3.63) is 17.5 Å². The molecule has 104 valence electrons. The van der Waals surface area contributed by atoms with Gasteiger partial charge in [-0.2, -0.15) is 5.10 Å². The minimum absolute atomic E-state index is 0.476. The SMILES string of the molecule is CCc1cc(CNC(C)CNCC(C)C)n(C)n1. The Morgan fingerprint density at radius 2 is 2.00 bits per heavy atom. The maximum Gasteiger partial charge on any atom is 0.0625 e. The monoisotopic (exact) mass is 252 g/mol. The molecule has 0 spiro atoms. The highest BCUT2D eigenvalue weighted by Gasteiger charge is 2.06. The predicted octanol–water partition coefficient (Wildman–Crippen LogP) is 1.71. The van der Waals surface area contributed by atoms with Crippen LogP contribution in [0.5, 0.6) is 0 Å². The van der Waals surface area contributed by atoms with Crippen molar-refractivity contribution >= 4 is 0 Å². The second-order valence-corrected chi connectivity index (χ2v) is 5.44. The number of hydrogen-bond acceptors (Lipinski definition) is 3. The number of hydrogen-bond donors (Lipinski definition) is 2. The molecular formula is C14H28N4. The highest BCUT2D eigenvalue weighted by Crippen LogP contribution is 2.03. The summed E-state index contributed by atoms with van der Waals surface area (Å²) in [4.78, 5) is 0. The third-order valence-corrected chi connectivity index (χ3v) is 3.02. The fraction of sp³-hybridized carbons (Fsp3) is 0.786. The first-order chi connectivity index (χ1) is 8.52. The fourth-order valence-electron chi connectivity index (χ4n) is 1.85. The van der Waals surface area contributed by atoms with Crippen LogP contribution in [0.1, 0.15) is 39.1 Å². The summed E-state index contributed by atoms with van der Waals surface area (Å²) in [5.41, 5.74) is 2.42. The summed E-state index contributed by atoms with van der Waals surface area (Å²) < 4.78 is 1.97. The highest BCUT2D eigenvalue weighted by atomic mass is 15.3. The highest BCUT2D eigenvalue weighted by molar-refractivity contribution is 5.09. The second-order valence-electron chi connectivity index (χ2n) is 5.44. The average molecular weight is 252 g/mol. The lowest BCUT2D eigenvalue weighted by Gasteiger charge is -2.15. The molecule has 0 radical (unpaired) electrons. The van der Waals surface area contributed by atoms with Crippen LogP contribution >= 0.6 is 0 Å². The number of aromatic nitrogens is 2. The van der Waals surface area contributed by atoms with Crippen LogP contribution in [0.25, 0.3) is 0 Å². The first kappa shape index (κ1) is 15.2. The Bertz CT molecular complexity index is 344. The first-order valence-corrected chi connectivity index (χ1v) is 6.98. The van der Waals surface area contributed by atoms with Gasteiger partial charge in [0.15, 0.2) is 0 Å². The van der Waals surface area contributed by atoms with E-state index in [0.717, 1.165) is 26.1 Å². The first-order valence-electron chi connectivity index (χ1n) is 6.98. The third kappa shape index (κ3) is 5.19. The van der Waals surface area contributed by atoms with Crippen LogP contribution in [0.3, 0.4) is 0 Å². The minimum Gasteiger partial charge on any atom is -0.315 e. The maximum absolute atomic E-state index is 4.45. The molecule has 2 N–H and O–H groups in total. The molecule has 4 nitrogen and oxygen atoms in total. The van der Waals surface area contributed by atoms with E-state index in [2.05, 4.69) is 49.5 Å². The van der Waals surface area contributed by atoms with Gasteiger partial charge in [0.25, 0.3) is 0 Å². The Hall–Kier alpha value is -0.870. The Balaban J connectivity index is 2.28. The zero-order chi connectivity index (χ0) is 13.5. The molecule has 1 aromatic rings. The van der Waals surface area contributed by atoms with Crippen molar-refractivity contribution in [1.82, 2.24) is 20.4 Å². The molecule has 0 aromatic carbocycles. The van der Waals surface area contributed by atoms with E-state index in [1.165, 1.54) is 11.4 Å². The molecule has 1 rings (SSSR count). The summed E-state index contributed by atoms with van der Waals surface area (Å²) in [6, 6.07) is 2.66. The maximum atomic E-state index is 4.45. The van der Waals surface area contributed by atoms with Crippen LogP contribution in [0.2, 0.25) is 0 Å². The van der Waals surface area contributed by atoms with Crippen molar-refractivity contribution in [2.75, 3.05) is 13.1 Å². The van der Waals surface area contributed by atoms with Crippen molar-refractivity contribution in [1.29, 1.82) is 0 Å². The third-order valence-electron chi connectivity index (χ3n) is 3.02. The molecule has 0 aliphatic carbocycles. The van der Waals surface area contributed by atoms with Crippen LogP contribution in [-0.2, 0) is 20.0 Å². The molecule has 1 aromatic heterocycles. The number of nitrogens with one attached hydrogen (secondary N) is 2. The molecule has 0 aliphatic rings. The Morgan fingerprint density at radius 1 is 1.28 bits per heavy atom. The van der Waals surface area contributed by atoms with Crippen LogP contribution in [-0.4, -0.2) is 28.9 Å². The Morgan fingerprint density at radius 3 is 2.56 bits per heavy atom. The lowest BCUT2D eigenvalue weighted by atomic mass is 10.2. The van der Waals surface area contributed by atoms with Crippen molar-refractivity contribution in [2.45, 2.75) is 46.7 Å². The summed E-state index contributed by atoms with van der Waals surface area (Å²) in [6.07, 6.45) is 0.999. The van der Waals surface area contributed by atoms with Gasteiger partial charge in [0, 0.05) is 26.2 Å². The molecule has 0 fully saturated rings. The summed E-state index contributed by atoms with van der Waals surface area (Å²) in [6.45, 7) is 11.8. The quantitative estimate of drug-likeness (QED) is 0.740. The minimum atomic E-state index is 0.476. The normalized spacial score (nSPS) is 13.2. The smallest absolute Gasteiger partial charge is 0.0625 e. The van der Waals surface area contributed by atoms with Crippen molar-refractivity contribution in [3.63, 3.8) is 0 Å². The van der Waals surface area contributed by atoms with Gasteiger partial charge in [-0.3, -0.25) is 4.68 Å². The largest absolute Gasteiger partial charge is 0.315 e. The summed E-state index contributed by atoms with van der Waals surface area (Å²) >= 11 is 0. The van der Waals surface area contributed by atoms with Gasteiger partial charge in [-0.05, 0) is 31.9 Å². The Kier molecular flexibility index (Phi) is 6.36. The van der Waals surface area contributed by atoms with Crippen LogP contribution < -0.4 is 10.6 Å². The molecule has 0 saturated heterocycles. The Labute approximate surface area is 111 Å². The van der Waals surface area contributed by atoms with Crippen molar-refractivity contribution in [2.24, 2.45) is 13.0 Å². The van der Waals surface area contributed by atoms with E-state index < -0.39 is 0 Å². The predicted molar refractivity (Wildman–Crippen MR) is 76.6 cm³/mol. The van der Waals surface area contributed by atoms with Crippen molar-refractivity contribution < 1.29 is 0 Å². The standard InChI is InChI=1S/C14H28N4/c1-6-13-7-14(18(5)17-13)10-16-12(4)9-15-8-11(2)3/h7,11-12,15-16H,6,8-10H2,1-5H3. The molecule has 0 aliphatic heterocycles. The van der Waals surface area contributed by atoms with Gasteiger partial charge in [-0.1, -0.05) is 20.8 Å². The lowest BCUT2D eigenvalue weighted by molar-refractivity contribution is 0.465. The molecule has 4 heteroatoms. The topological polar surface area (TPSA) is 41.9 Å². The summed E-state index contributed by atoms with van der Waals surface area (Å²) in [5, 5.41) is 11.4. The van der Waals surface area contributed by atoms with Crippen molar-refractivity contribution in [3.8, 4) is 0 Å². The van der Waals surface area contributed by atoms with E-state index in [0.29, 0.717) is 12.0 Å². The zero-order valence-corrected chi connectivity index (χ0v) is 12.5. The molecule has 1 unspecified atom stereocenters. The van der Waals surface area contributed by atoms with Gasteiger partial charge in [-0.15, -0.1) is 0 Å². The second kappa shape index (κ2) is 7.54. The van der Waals surface area contributed by atoms with Crippen LogP contribution in [0.4, 0.5) is 0 Å². The fourth-order valence-corrected chi connectivity index (χ4v) is 1.85. The molecule has 0 amide bonds. The van der Waals surface area contributed by atoms with Gasteiger partial charge in [0.1, 0.15) is 0 Å². The number of aryl methyl sites for hydroxylation is 2. The number of rotatable bonds is 8. The van der Waals surface area contributed by atoms with Crippen LogP contribution in [0.15, 0.2) is 6.07 Å². The van der Waals surface area contributed by atoms with Gasteiger partial charge in [0.05, 0.1) is 11.4 Å². The molecule has 0 saturated carbocycles. The molecule has 1 atom stereocenters. The van der Waals surface area contributed by atoms with Gasteiger partial charge in [0.2, 0.25) is 0 Å². The van der Waals surface area contributed by atoms with Gasteiger partial charge < -0.3 is 10.6 Å². The average Bonchev–Trinajstić information content (AvgIpc) is 2.67. The zero-order valence-electron chi connectivity index (χ0n) is 12.5. The van der Waals surface area contributed by atoms with Crippen LogP contribution in [0, 0.1) is 5.92 Å². The number of nitrogens with zero attached hydrogens (tertiary/aromatic N) is 2. The van der Waals surface area contributed by atoms with E-state index in [-0.39, 0.29) is 0 Å². The molecular weight excluding hydrogens is 224 g/mol. The van der Waals surface area contributed by atoms with Gasteiger partial charge >= 0.3 is 0 Å². The summed E-state index contributed by atoms with van der Waals surface area (Å²) in [7, 11) is 2.01. The van der Waals surface area contributed by atoms with E-state index in [4.69, 9.17) is 0 Å². The van der Waals surface area contributed by atoms with E-state index in [9.17, 15) is 0 Å². The van der Waals surface area contributed by atoms with E-state index >= 15 is 0 Å². The molecule has 1 heterocycles. The van der Waals surface area contributed by atoms with Gasteiger partial charge in [-0.25, -0.2) is 0 Å². The summed E-state index contributed by atoms with van der Waals surface area (Å²) in [5.74, 6) is 0.710.